The van der Waals surface area contributed by atoms with Crippen molar-refractivity contribution >= 4 is 0 Å². The molecule has 1 nitrogen and oxygen atoms in total. The lowest BCUT2D eigenvalue weighted by molar-refractivity contribution is 0.0720. The van der Waals surface area contributed by atoms with Crippen molar-refractivity contribution in [1.29, 1.82) is 0 Å². The zero-order valence-corrected chi connectivity index (χ0v) is 16.2. The van der Waals surface area contributed by atoms with Crippen molar-refractivity contribution in [2.45, 2.75) is 110 Å². The summed E-state index contributed by atoms with van der Waals surface area (Å²) in [6.07, 6.45) is 18.7. The topological polar surface area (TPSA) is 26.0 Å². The summed E-state index contributed by atoms with van der Waals surface area (Å²) in [5.74, 6) is 5.12. The van der Waals surface area contributed by atoms with Gasteiger partial charge in [-0.05, 0) is 55.3 Å². The van der Waals surface area contributed by atoms with Crippen LogP contribution in [0.1, 0.15) is 104 Å². The summed E-state index contributed by atoms with van der Waals surface area (Å²) >= 11 is 0. The van der Waals surface area contributed by atoms with Crippen LogP contribution < -0.4 is 5.73 Å². The van der Waals surface area contributed by atoms with Gasteiger partial charge in [0.15, 0.2) is 0 Å². The second-order valence-electron chi connectivity index (χ2n) is 9.14. The minimum Gasteiger partial charge on any atom is -0.328 e. The number of hydrogen-bond acceptors (Lipinski definition) is 1. The second-order valence-corrected chi connectivity index (χ2v) is 9.14. The van der Waals surface area contributed by atoms with Crippen LogP contribution in [0, 0.1) is 29.6 Å². The van der Waals surface area contributed by atoms with Crippen molar-refractivity contribution in [1.82, 2.24) is 0 Å². The van der Waals surface area contributed by atoms with Crippen molar-refractivity contribution in [3.8, 4) is 0 Å². The van der Waals surface area contributed by atoms with Crippen LogP contribution in [-0.2, 0) is 0 Å². The lowest BCUT2D eigenvalue weighted by Crippen LogP contribution is -2.33. The van der Waals surface area contributed by atoms with Gasteiger partial charge in [0.2, 0.25) is 0 Å². The summed E-state index contributed by atoms with van der Waals surface area (Å²) in [7, 11) is 0. The van der Waals surface area contributed by atoms with E-state index in [1.165, 1.54) is 64.2 Å². The highest BCUT2D eigenvalue weighted by Gasteiger charge is 2.36. The summed E-state index contributed by atoms with van der Waals surface area (Å²) in [6, 6.07) is 0.441. The first-order valence-electron chi connectivity index (χ1n) is 10.9. The summed E-state index contributed by atoms with van der Waals surface area (Å²) in [4.78, 5) is 0. The molecule has 3 unspecified atom stereocenters. The van der Waals surface area contributed by atoms with Crippen molar-refractivity contribution < 1.29 is 0 Å². The van der Waals surface area contributed by atoms with Gasteiger partial charge >= 0.3 is 0 Å². The lowest BCUT2D eigenvalue weighted by Gasteiger charge is -2.43. The number of rotatable bonds is 10. The molecule has 0 saturated heterocycles. The molecule has 2 fully saturated rings. The third-order valence-corrected chi connectivity index (χ3v) is 7.27. The van der Waals surface area contributed by atoms with Gasteiger partial charge in [-0.1, -0.05) is 78.6 Å². The zero-order valence-electron chi connectivity index (χ0n) is 16.2. The molecule has 2 aliphatic carbocycles. The molecule has 1 heteroatoms. The first-order chi connectivity index (χ1) is 11.1. The Balaban J connectivity index is 1.52. The average molecular weight is 322 g/mol. The molecule has 0 aliphatic heterocycles. The third-order valence-electron chi connectivity index (χ3n) is 7.27. The monoisotopic (exact) mass is 321 g/mol. The fourth-order valence-electron chi connectivity index (χ4n) is 5.09. The summed E-state index contributed by atoms with van der Waals surface area (Å²) < 4.78 is 0. The summed E-state index contributed by atoms with van der Waals surface area (Å²) in [5, 5.41) is 0. The maximum absolute atomic E-state index is 6.02. The van der Waals surface area contributed by atoms with Crippen LogP contribution in [0.5, 0.6) is 0 Å². The van der Waals surface area contributed by atoms with Gasteiger partial charge in [0.05, 0.1) is 0 Å². The molecule has 0 spiro atoms. The molecule has 2 aliphatic rings. The standard InChI is InChI=1S/C22H43N/c1-4-22(23)12-8-9-17(2)13-14-19-15-21(16-19)18(3)20-10-6-5-7-11-20/h17-22H,4-16,23H2,1-3H3. The molecular formula is C22H43N. The lowest BCUT2D eigenvalue weighted by atomic mass is 9.62. The predicted molar refractivity (Wildman–Crippen MR) is 102 cm³/mol. The quantitative estimate of drug-likeness (QED) is 0.485. The van der Waals surface area contributed by atoms with Gasteiger partial charge in [0.25, 0.3) is 0 Å². The van der Waals surface area contributed by atoms with Crippen molar-refractivity contribution in [3.63, 3.8) is 0 Å². The maximum atomic E-state index is 6.02. The second kappa shape index (κ2) is 10.1. The van der Waals surface area contributed by atoms with Crippen molar-refractivity contribution in [2.24, 2.45) is 35.3 Å². The van der Waals surface area contributed by atoms with E-state index in [9.17, 15) is 0 Å². The average Bonchev–Trinajstić information content (AvgIpc) is 2.53. The molecule has 0 aromatic heterocycles. The van der Waals surface area contributed by atoms with E-state index < -0.39 is 0 Å². The van der Waals surface area contributed by atoms with Crippen LogP contribution in [0.2, 0.25) is 0 Å². The maximum Gasteiger partial charge on any atom is 0.00362 e. The Morgan fingerprint density at radius 1 is 0.913 bits per heavy atom. The first-order valence-corrected chi connectivity index (χ1v) is 10.9. The van der Waals surface area contributed by atoms with E-state index in [4.69, 9.17) is 5.73 Å². The molecule has 3 atom stereocenters. The largest absolute Gasteiger partial charge is 0.328 e. The van der Waals surface area contributed by atoms with E-state index in [1.807, 2.05) is 0 Å². The van der Waals surface area contributed by atoms with Crippen molar-refractivity contribution in [2.75, 3.05) is 0 Å². The number of nitrogens with two attached hydrogens (primary N) is 1. The fraction of sp³-hybridized carbons (Fsp3) is 1.00. The van der Waals surface area contributed by atoms with Crippen LogP contribution >= 0.6 is 0 Å². The zero-order chi connectivity index (χ0) is 16.7. The Hall–Kier alpha value is -0.0400. The van der Waals surface area contributed by atoms with Crippen LogP contribution in [0.15, 0.2) is 0 Å². The SMILES string of the molecule is CCC(N)CCCC(C)CCC1CC(C(C)C2CCCCC2)C1. The smallest absolute Gasteiger partial charge is 0.00362 e. The molecule has 2 saturated carbocycles. The molecule has 0 amide bonds. The molecule has 23 heavy (non-hydrogen) atoms. The minimum absolute atomic E-state index is 0.441. The van der Waals surface area contributed by atoms with Gasteiger partial charge in [0, 0.05) is 6.04 Å². The third kappa shape index (κ3) is 6.40. The molecule has 2 N–H and O–H groups in total. The normalized spacial score (nSPS) is 29.7. The van der Waals surface area contributed by atoms with Gasteiger partial charge in [-0.15, -0.1) is 0 Å². The molecule has 0 bridgehead atoms. The van der Waals surface area contributed by atoms with Crippen LogP contribution in [0.4, 0.5) is 0 Å². The Bertz CT molecular complexity index is 301. The Labute approximate surface area is 146 Å². The molecule has 0 heterocycles. The van der Waals surface area contributed by atoms with E-state index >= 15 is 0 Å². The molecule has 0 radical (unpaired) electrons. The first kappa shape index (κ1) is 19.3. The predicted octanol–water partition coefficient (Wildman–Crippen LogP) is 6.55. The molecule has 0 aromatic carbocycles. The molecule has 136 valence electrons. The van der Waals surface area contributed by atoms with Crippen LogP contribution in [-0.4, -0.2) is 6.04 Å². The molecule has 2 rings (SSSR count). The van der Waals surface area contributed by atoms with Crippen molar-refractivity contribution in [3.05, 3.63) is 0 Å². The van der Waals surface area contributed by atoms with E-state index in [-0.39, 0.29) is 0 Å². The minimum atomic E-state index is 0.441. The van der Waals surface area contributed by atoms with Crippen LogP contribution in [0.3, 0.4) is 0 Å². The highest BCUT2D eigenvalue weighted by atomic mass is 14.6. The van der Waals surface area contributed by atoms with Gasteiger partial charge in [-0.25, -0.2) is 0 Å². The highest BCUT2D eigenvalue weighted by Crippen LogP contribution is 2.46. The van der Waals surface area contributed by atoms with Crippen LogP contribution in [0.25, 0.3) is 0 Å². The Morgan fingerprint density at radius 2 is 1.61 bits per heavy atom. The highest BCUT2D eigenvalue weighted by molar-refractivity contribution is 4.86. The van der Waals surface area contributed by atoms with E-state index in [1.54, 1.807) is 12.8 Å². The number of hydrogen-bond donors (Lipinski definition) is 1. The van der Waals surface area contributed by atoms with Gasteiger partial charge in [-0.3, -0.25) is 0 Å². The van der Waals surface area contributed by atoms with Gasteiger partial charge < -0.3 is 5.73 Å². The Kier molecular flexibility index (Phi) is 8.44. The van der Waals surface area contributed by atoms with Gasteiger partial charge in [0.1, 0.15) is 0 Å². The van der Waals surface area contributed by atoms with Gasteiger partial charge in [-0.2, -0.15) is 0 Å². The molecule has 0 aromatic rings. The molecular weight excluding hydrogens is 278 g/mol. The Morgan fingerprint density at radius 3 is 2.26 bits per heavy atom. The van der Waals surface area contributed by atoms with E-state index in [0.717, 1.165) is 36.0 Å². The summed E-state index contributed by atoms with van der Waals surface area (Å²) in [5.41, 5.74) is 6.02. The fourth-order valence-corrected chi connectivity index (χ4v) is 5.09. The van der Waals surface area contributed by atoms with E-state index in [2.05, 4.69) is 20.8 Å². The van der Waals surface area contributed by atoms with E-state index in [0.29, 0.717) is 6.04 Å². The summed E-state index contributed by atoms with van der Waals surface area (Å²) in [6.45, 7) is 7.23.